The Hall–Kier alpha value is -2.03. The van der Waals surface area contributed by atoms with Gasteiger partial charge in [-0.2, -0.15) is 0 Å². The molecule has 1 aromatic carbocycles. The van der Waals surface area contributed by atoms with Crippen molar-refractivity contribution in [3.05, 3.63) is 47.7 Å². The minimum Gasteiger partial charge on any atom is -0.437 e. The van der Waals surface area contributed by atoms with Gasteiger partial charge in [0.2, 0.25) is 5.88 Å². The van der Waals surface area contributed by atoms with Crippen molar-refractivity contribution < 1.29 is 4.74 Å². The molecule has 3 heteroatoms. The van der Waals surface area contributed by atoms with Gasteiger partial charge in [-0.05, 0) is 37.1 Å². The molecule has 0 unspecified atom stereocenters. The van der Waals surface area contributed by atoms with Crippen LogP contribution in [-0.4, -0.2) is 4.98 Å². The van der Waals surface area contributed by atoms with Gasteiger partial charge < -0.3 is 10.5 Å². The second kappa shape index (κ2) is 4.87. The zero-order chi connectivity index (χ0) is 12.3. The first-order valence-corrected chi connectivity index (χ1v) is 5.68. The number of ether oxygens (including phenoxy) is 1. The summed E-state index contributed by atoms with van der Waals surface area (Å²) in [5.74, 6) is 1.26. The van der Waals surface area contributed by atoms with Crippen LogP contribution in [0.2, 0.25) is 0 Å². The van der Waals surface area contributed by atoms with Crippen molar-refractivity contribution in [2.75, 3.05) is 5.73 Å². The van der Waals surface area contributed by atoms with Crippen molar-refractivity contribution in [2.45, 2.75) is 20.3 Å². The van der Waals surface area contributed by atoms with Crippen LogP contribution in [0.4, 0.5) is 5.69 Å². The van der Waals surface area contributed by atoms with Crippen LogP contribution in [0.3, 0.4) is 0 Å². The summed E-state index contributed by atoms with van der Waals surface area (Å²) in [4.78, 5) is 4.18. The standard InChI is InChI=1S/C14H16N2O/c1-3-11-6-7-13(12(15)9-11)17-14-10(2)5-4-8-16-14/h4-9H,3,15H2,1-2H3. The smallest absolute Gasteiger partial charge is 0.222 e. The molecule has 0 aliphatic rings. The minimum atomic E-state index is 0.600. The first-order chi connectivity index (χ1) is 8.20. The van der Waals surface area contributed by atoms with Crippen molar-refractivity contribution in [3.63, 3.8) is 0 Å². The van der Waals surface area contributed by atoms with Gasteiger partial charge in [0.05, 0.1) is 5.69 Å². The number of nitrogens with zero attached hydrogens (tertiary/aromatic N) is 1. The van der Waals surface area contributed by atoms with Crippen LogP contribution in [0.25, 0.3) is 0 Å². The summed E-state index contributed by atoms with van der Waals surface area (Å²) in [5.41, 5.74) is 8.78. The lowest BCUT2D eigenvalue weighted by Gasteiger charge is -2.10. The largest absolute Gasteiger partial charge is 0.437 e. The van der Waals surface area contributed by atoms with E-state index in [0.717, 1.165) is 12.0 Å². The van der Waals surface area contributed by atoms with Crippen molar-refractivity contribution in [1.29, 1.82) is 0 Å². The third-order valence-electron chi connectivity index (χ3n) is 2.65. The highest BCUT2D eigenvalue weighted by molar-refractivity contribution is 5.55. The molecular formula is C14H16N2O. The lowest BCUT2D eigenvalue weighted by Crippen LogP contribution is -1.96. The monoisotopic (exact) mass is 228 g/mol. The maximum Gasteiger partial charge on any atom is 0.222 e. The van der Waals surface area contributed by atoms with Gasteiger partial charge in [-0.25, -0.2) is 4.98 Å². The van der Waals surface area contributed by atoms with E-state index in [1.807, 2.05) is 37.3 Å². The van der Waals surface area contributed by atoms with Crippen molar-refractivity contribution in [1.82, 2.24) is 4.98 Å². The zero-order valence-corrected chi connectivity index (χ0v) is 10.1. The molecule has 0 saturated heterocycles. The summed E-state index contributed by atoms with van der Waals surface area (Å²) in [5, 5.41) is 0. The Balaban J connectivity index is 2.28. The van der Waals surface area contributed by atoms with Gasteiger partial charge in [0, 0.05) is 11.8 Å². The van der Waals surface area contributed by atoms with E-state index in [-0.39, 0.29) is 0 Å². The maximum absolute atomic E-state index is 5.94. The molecule has 0 spiro atoms. The molecule has 0 atom stereocenters. The molecule has 0 radical (unpaired) electrons. The molecule has 2 rings (SSSR count). The summed E-state index contributed by atoms with van der Waals surface area (Å²) in [7, 11) is 0. The summed E-state index contributed by atoms with van der Waals surface area (Å²) in [6.07, 6.45) is 2.67. The highest BCUT2D eigenvalue weighted by Gasteiger charge is 2.05. The van der Waals surface area contributed by atoms with Gasteiger partial charge in [0.15, 0.2) is 5.75 Å². The number of hydrogen-bond acceptors (Lipinski definition) is 3. The molecule has 3 nitrogen and oxygen atoms in total. The van der Waals surface area contributed by atoms with Crippen LogP contribution in [0.5, 0.6) is 11.6 Å². The van der Waals surface area contributed by atoms with Crippen molar-refractivity contribution >= 4 is 5.69 Å². The number of rotatable bonds is 3. The highest BCUT2D eigenvalue weighted by Crippen LogP contribution is 2.28. The van der Waals surface area contributed by atoms with E-state index in [2.05, 4.69) is 11.9 Å². The lowest BCUT2D eigenvalue weighted by molar-refractivity contribution is 0.461. The van der Waals surface area contributed by atoms with Gasteiger partial charge in [0.1, 0.15) is 0 Å². The Morgan fingerprint density at radius 3 is 2.76 bits per heavy atom. The Morgan fingerprint density at radius 2 is 2.12 bits per heavy atom. The third-order valence-corrected chi connectivity index (χ3v) is 2.65. The van der Waals surface area contributed by atoms with Crippen LogP contribution in [0.1, 0.15) is 18.1 Å². The maximum atomic E-state index is 5.94. The van der Waals surface area contributed by atoms with Crippen LogP contribution < -0.4 is 10.5 Å². The van der Waals surface area contributed by atoms with Crippen LogP contribution in [-0.2, 0) is 6.42 Å². The number of anilines is 1. The van der Waals surface area contributed by atoms with E-state index < -0.39 is 0 Å². The zero-order valence-electron chi connectivity index (χ0n) is 10.1. The Morgan fingerprint density at radius 1 is 1.29 bits per heavy atom. The molecule has 0 saturated carbocycles. The van der Waals surface area contributed by atoms with E-state index in [1.54, 1.807) is 6.20 Å². The number of benzene rings is 1. The van der Waals surface area contributed by atoms with E-state index in [0.29, 0.717) is 17.3 Å². The quantitative estimate of drug-likeness (QED) is 0.820. The molecule has 0 fully saturated rings. The second-order valence-corrected chi connectivity index (χ2v) is 3.95. The van der Waals surface area contributed by atoms with Gasteiger partial charge in [0.25, 0.3) is 0 Å². The molecule has 2 aromatic rings. The summed E-state index contributed by atoms with van der Waals surface area (Å²) >= 11 is 0. The fourth-order valence-electron chi connectivity index (χ4n) is 1.59. The molecule has 0 amide bonds. The predicted molar refractivity (Wildman–Crippen MR) is 69.3 cm³/mol. The Bertz CT molecular complexity index is 523. The van der Waals surface area contributed by atoms with Crippen molar-refractivity contribution in [2.24, 2.45) is 0 Å². The molecule has 88 valence electrons. The number of pyridine rings is 1. The molecule has 1 aromatic heterocycles. The molecular weight excluding hydrogens is 212 g/mol. The summed E-state index contributed by atoms with van der Waals surface area (Å²) in [6.45, 7) is 4.05. The predicted octanol–water partition coefficient (Wildman–Crippen LogP) is 3.33. The fourth-order valence-corrected chi connectivity index (χ4v) is 1.59. The van der Waals surface area contributed by atoms with Gasteiger partial charge in [-0.15, -0.1) is 0 Å². The van der Waals surface area contributed by atoms with Gasteiger partial charge >= 0.3 is 0 Å². The van der Waals surface area contributed by atoms with Crippen LogP contribution in [0.15, 0.2) is 36.5 Å². The van der Waals surface area contributed by atoms with Crippen molar-refractivity contribution in [3.8, 4) is 11.6 Å². The molecule has 0 bridgehead atoms. The number of aromatic nitrogens is 1. The topological polar surface area (TPSA) is 48.1 Å². The van der Waals surface area contributed by atoms with E-state index in [4.69, 9.17) is 10.5 Å². The molecule has 0 aliphatic carbocycles. The second-order valence-electron chi connectivity index (χ2n) is 3.95. The van der Waals surface area contributed by atoms with Gasteiger partial charge in [-0.1, -0.05) is 19.1 Å². The minimum absolute atomic E-state index is 0.600. The average molecular weight is 228 g/mol. The van der Waals surface area contributed by atoms with E-state index in [9.17, 15) is 0 Å². The molecule has 1 heterocycles. The Kier molecular flexibility index (Phi) is 3.28. The number of nitrogens with two attached hydrogens (primary N) is 1. The lowest BCUT2D eigenvalue weighted by atomic mass is 10.1. The van der Waals surface area contributed by atoms with Gasteiger partial charge in [-0.3, -0.25) is 0 Å². The summed E-state index contributed by atoms with van der Waals surface area (Å²) < 4.78 is 5.70. The highest BCUT2D eigenvalue weighted by atomic mass is 16.5. The first kappa shape index (κ1) is 11.5. The fraction of sp³-hybridized carbons (Fsp3) is 0.214. The normalized spacial score (nSPS) is 10.2. The number of nitrogen functional groups attached to an aromatic ring is 1. The third kappa shape index (κ3) is 2.56. The van der Waals surface area contributed by atoms with Crippen LogP contribution >= 0.6 is 0 Å². The van der Waals surface area contributed by atoms with Crippen LogP contribution in [0, 0.1) is 6.92 Å². The number of hydrogen-bond donors (Lipinski definition) is 1. The summed E-state index contributed by atoms with van der Waals surface area (Å²) in [6, 6.07) is 9.69. The first-order valence-electron chi connectivity index (χ1n) is 5.68. The Labute approximate surface area is 101 Å². The molecule has 17 heavy (non-hydrogen) atoms. The number of aryl methyl sites for hydroxylation is 2. The van der Waals surface area contributed by atoms with E-state index in [1.165, 1.54) is 5.56 Å². The SMILES string of the molecule is CCc1ccc(Oc2ncccc2C)c(N)c1. The molecule has 2 N–H and O–H groups in total. The average Bonchev–Trinajstić information content (AvgIpc) is 2.34. The van der Waals surface area contributed by atoms with E-state index >= 15 is 0 Å². The molecule has 0 aliphatic heterocycles.